The smallest absolute Gasteiger partial charge is 0.337 e. The molecule has 0 heterocycles. The minimum Gasteiger partial charge on any atom is -0.478 e. The molecule has 0 atom stereocenters. The average Bonchev–Trinajstić information content (AvgIpc) is 2.34. The molecule has 90 valence electrons. The van der Waals surface area contributed by atoms with Crippen molar-refractivity contribution in [2.45, 2.75) is 19.8 Å². The molecule has 0 amide bonds. The van der Waals surface area contributed by atoms with Gasteiger partial charge in [-0.1, -0.05) is 30.9 Å². The van der Waals surface area contributed by atoms with Gasteiger partial charge in [0.1, 0.15) is 0 Å². The summed E-state index contributed by atoms with van der Waals surface area (Å²) in [5.41, 5.74) is 1.72. The molecule has 17 heavy (non-hydrogen) atoms. The highest BCUT2D eigenvalue weighted by Crippen LogP contribution is 2.13. The summed E-state index contributed by atoms with van der Waals surface area (Å²) in [4.78, 5) is 11.1. The molecule has 0 saturated carbocycles. The fraction of sp³-hybridized carbons (Fsp3) is 0.214. The average molecular weight is 231 g/mol. The van der Waals surface area contributed by atoms with Gasteiger partial charge in [-0.3, -0.25) is 0 Å². The van der Waals surface area contributed by atoms with Gasteiger partial charge in [0.25, 0.3) is 0 Å². The summed E-state index contributed by atoms with van der Waals surface area (Å²) in [7, 11) is 0. The lowest BCUT2D eigenvalue weighted by molar-refractivity contribution is -0.132. The molecule has 3 nitrogen and oxygen atoms in total. The molecule has 1 rings (SSSR count). The number of carboxylic acids is 1. The minimum absolute atomic E-state index is 0.211. The summed E-state index contributed by atoms with van der Waals surface area (Å²) in [6, 6.07) is 0. The van der Waals surface area contributed by atoms with Crippen LogP contribution in [0.15, 0.2) is 60.0 Å². The van der Waals surface area contributed by atoms with Crippen LogP contribution in [0.2, 0.25) is 0 Å². The van der Waals surface area contributed by atoms with E-state index in [1.54, 1.807) is 13.0 Å². The first-order valence-corrected chi connectivity index (χ1v) is 5.55. The Morgan fingerprint density at radius 2 is 2.29 bits per heavy atom. The predicted octanol–water partition coefficient (Wildman–Crippen LogP) is 2.91. The maximum absolute atomic E-state index is 11.1. The summed E-state index contributed by atoms with van der Waals surface area (Å²) in [6.45, 7) is 5.32. The lowest BCUT2D eigenvalue weighted by atomic mass is 10.1. The first-order valence-electron chi connectivity index (χ1n) is 5.55. The van der Waals surface area contributed by atoms with Gasteiger partial charge in [-0.25, -0.2) is 4.79 Å². The first kappa shape index (κ1) is 13.0. The largest absolute Gasteiger partial charge is 0.478 e. The second-order valence-electron chi connectivity index (χ2n) is 3.59. The third-order valence-corrected chi connectivity index (χ3v) is 2.37. The van der Waals surface area contributed by atoms with Gasteiger partial charge in [0.2, 0.25) is 0 Å². The quantitative estimate of drug-likeness (QED) is 0.565. The van der Waals surface area contributed by atoms with Crippen molar-refractivity contribution < 1.29 is 9.90 Å². The highest BCUT2D eigenvalue weighted by atomic mass is 16.4. The number of nitrogens with one attached hydrogen (secondary N) is 1. The molecule has 0 aliphatic heterocycles. The summed E-state index contributed by atoms with van der Waals surface area (Å²) < 4.78 is 0. The Balaban J connectivity index is 2.88. The molecule has 1 aliphatic carbocycles. The third kappa shape index (κ3) is 3.79. The van der Waals surface area contributed by atoms with Gasteiger partial charge in [-0.15, -0.1) is 0 Å². The van der Waals surface area contributed by atoms with E-state index in [2.05, 4.69) is 24.0 Å². The van der Waals surface area contributed by atoms with Crippen molar-refractivity contribution in [2.24, 2.45) is 0 Å². The Morgan fingerprint density at radius 1 is 1.53 bits per heavy atom. The van der Waals surface area contributed by atoms with Crippen LogP contribution in [-0.4, -0.2) is 11.1 Å². The lowest BCUT2D eigenvalue weighted by Crippen LogP contribution is -2.18. The standard InChI is InChI=1S/C14H17NO2/c1-3-8-12(14(16)17)13(4-2)15-11-9-6-5-7-10-11/h3-4,6,8-10,15H,1,5,7H2,2H3,(H,16,17)/b12-8+,13-4+. The molecule has 3 heteroatoms. The maximum atomic E-state index is 11.1. The summed E-state index contributed by atoms with van der Waals surface area (Å²) in [5.74, 6) is -0.967. The third-order valence-electron chi connectivity index (χ3n) is 2.37. The van der Waals surface area contributed by atoms with Crippen molar-refractivity contribution >= 4 is 5.97 Å². The van der Waals surface area contributed by atoms with Crippen molar-refractivity contribution in [1.82, 2.24) is 5.32 Å². The van der Waals surface area contributed by atoms with E-state index in [1.807, 2.05) is 6.08 Å². The van der Waals surface area contributed by atoms with Crippen LogP contribution in [0.3, 0.4) is 0 Å². The van der Waals surface area contributed by atoms with Gasteiger partial charge in [-0.05, 0) is 31.9 Å². The normalized spacial score (nSPS) is 16.4. The highest BCUT2D eigenvalue weighted by molar-refractivity contribution is 5.92. The van der Waals surface area contributed by atoms with Crippen molar-refractivity contribution in [1.29, 1.82) is 0 Å². The minimum atomic E-state index is -0.967. The molecule has 0 bridgehead atoms. The van der Waals surface area contributed by atoms with E-state index in [4.69, 9.17) is 5.11 Å². The number of hydrogen-bond acceptors (Lipinski definition) is 2. The van der Waals surface area contributed by atoms with Crippen LogP contribution in [0.25, 0.3) is 0 Å². The van der Waals surface area contributed by atoms with Gasteiger partial charge < -0.3 is 10.4 Å². The zero-order valence-electron chi connectivity index (χ0n) is 9.94. The molecular weight excluding hydrogens is 214 g/mol. The van der Waals surface area contributed by atoms with Crippen molar-refractivity contribution in [3.63, 3.8) is 0 Å². The van der Waals surface area contributed by atoms with E-state index < -0.39 is 5.97 Å². The SMILES string of the molecule is C=C/C=C(C(=O)O)\C(=C/C)NC1=CCCC=C1. The number of rotatable bonds is 5. The number of carbonyl (C=O) groups is 1. The van der Waals surface area contributed by atoms with Crippen LogP contribution in [0.5, 0.6) is 0 Å². The molecule has 0 unspecified atom stereocenters. The van der Waals surface area contributed by atoms with Crippen molar-refractivity contribution in [2.75, 3.05) is 0 Å². The summed E-state index contributed by atoms with van der Waals surface area (Å²) >= 11 is 0. The molecule has 0 radical (unpaired) electrons. The fourth-order valence-corrected chi connectivity index (χ4v) is 1.55. The Kier molecular flexibility index (Phi) is 5.01. The van der Waals surface area contributed by atoms with Gasteiger partial charge >= 0.3 is 5.97 Å². The molecule has 2 N–H and O–H groups in total. The van der Waals surface area contributed by atoms with Gasteiger partial charge in [0.05, 0.1) is 5.57 Å². The molecule has 0 fully saturated rings. The van der Waals surface area contributed by atoms with Crippen LogP contribution >= 0.6 is 0 Å². The van der Waals surface area contributed by atoms with Crippen molar-refractivity contribution in [3.05, 3.63) is 60.0 Å². The van der Waals surface area contributed by atoms with Gasteiger partial charge in [-0.2, -0.15) is 0 Å². The summed E-state index contributed by atoms with van der Waals surface area (Å²) in [6.07, 6.45) is 12.8. The second kappa shape index (κ2) is 6.53. The maximum Gasteiger partial charge on any atom is 0.337 e. The van der Waals surface area contributed by atoms with E-state index in [0.717, 1.165) is 18.5 Å². The molecule has 0 aromatic rings. The summed E-state index contributed by atoms with van der Waals surface area (Å²) in [5, 5.41) is 12.2. The Bertz CT molecular complexity index is 426. The van der Waals surface area contributed by atoms with E-state index in [9.17, 15) is 4.79 Å². The van der Waals surface area contributed by atoms with Crippen molar-refractivity contribution in [3.8, 4) is 0 Å². The highest BCUT2D eigenvalue weighted by Gasteiger charge is 2.12. The Labute approximate surface area is 102 Å². The zero-order chi connectivity index (χ0) is 12.7. The van der Waals surface area contributed by atoms with E-state index in [1.165, 1.54) is 12.2 Å². The van der Waals surface area contributed by atoms with Crippen LogP contribution in [0, 0.1) is 0 Å². The van der Waals surface area contributed by atoms with Crippen LogP contribution in [0.4, 0.5) is 0 Å². The second-order valence-corrected chi connectivity index (χ2v) is 3.59. The number of carboxylic acid groups (broad SMARTS) is 1. The first-order chi connectivity index (χ1) is 8.19. The Morgan fingerprint density at radius 3 is 2.76 bits per heavy atom. The van der Waals surface area contributed by atoms with Crippen LogP contribution in [0.1, 0.15) is 19.8 Å². The Hall–Kier alpha value is -2.03. The van der Waals surface area contributed by atoms with Gasteiger partial charge in [0, 0.05) is 11.4 Å². The van der Waals surface area contributed by atoms with Crippen LogP contribution < -0.4 is 5.32 Å². The topological polar surface area (TPSA) is 49.3 Å². The molecule has 0 spiro atoms. The molecule has 0 aromatic heterocycles. The number of allylic oxidation sites excluding steroid dienone is 6. The number of aliphatic carboxylic acids is 1. The van der Waals surface area contributed by atoms with Gasteiger partial charge in [0.15, 0.2) is 0 Å². The lowest BCUT2D eigenvalue weighted by Gasteiger charge is -2.14. The van der Waals surface area contributed by atoms with Crippen LogP contribution in [-0.2, 0) is 4.79 Å². The fourth-order valence-electron chi connectivity index (χ4n) is 1.55. The molecule has 0 aromatic carbocycles. The number of hydrogen-bond donors (Lipinski definition) is 2. The molecule has 1 aliphatic rings. The monoisotopic (exact) mass is 231 g/mol. The molecule has 0 saturated heterocycles. The van der Waals surface area contributed by atoms with E-state index >= 15 is 0 Å². The van der Waals surface area contributed by atoms with E-state index in [0.29, 0.717) is 5.70 Å². The predicted molar refractivity (Wildman–Crippen MR) is 69.3 cm³/mol. The molecular formula is C14H17NO2. The zero-order valence-corrected chi connectivity index (χ0v) is 9.94. The van der Waals surface area contributed by atoms with E-state index in [-0.39, 0.29) is 5.57 Å².